The first-order valence-corrected chi connectivity index (χ1v) is 7.90. The third-order valence-corrected chi connectivity index (χ3v) is 4.70. The Morgan fingerprint density at radius 3 is 2.80 bits per heavy atom. The lowest BCUT2D eigenvalue weighted by Gasteiger charge is -2.43. The standard InChI is InChI=1S/C17H25NO2/c18-13-14-6-2-3-7-16(14)20-15-8-11-19-17(12-15)9-4-1-5-10-17/h2-3,6-7,15H,1,4-5,8-13,18H2. The molecule has 1 aliphatic heterocycles. The largest absolute Gasteiger partial charge is 0.490 e. The van der Waals surface area contributed by atoms with Crippen LogP contribution >= 0.6 is 0 Å². The van der Waals surface area contributed by atoms with Crippen LogP contribution in [0.5, 0.6) is 5.75 Å². The quantitative estimate of drug-likeness (QED) is 0.919. The molecular formula is C17H25NO2. The van der Waals surface area contributed by atoms with Gasteiger partial charge < -0.3 is 15.2 Å². The van der Waals surface area contributed by atoms with Crippen molar-refractivity contribution in [1.29, 1.82) is 0 Å². The number of hydrogen-bond acceptors (Lipinski definition) is 3. The molecule has 1 aromatic carbocycles. The van der Waals surface area contributed by atoms with Crippen LogP contribution in [0.1, 0.15) is 50.5 Å². The number of ether oxygens (including phenoxy) is 2. The number of rotatable bonds is 3. The van der Waals surface area contributed by atoms with Crippen molar-refractivity contribution in [3.05, 3.63) is 29.8 Å². The summed E-state index contributed by atoms with van der Waals surface area (Å²) in [6.45, 7) is 1.36. The van der Waals surface area contributed by atoms with Gasteiger partial charge in [-0.2, -0.15) is 0 Å². The van der Waals surface area contributed by atoms with Gasteiger partial charge in [0.2, 0.25) is 0 Å². The van der Waals surface area contributed by atoms with Crippen LogP contribution in [0.2, 0.25) is 0 Å². The van der Waals surface area contributed by atoms with Crippen LogP contribution in [0.4, 0.5) is 0 Å². The summed E-state index contributed by atoms with van der Waals surface area (Å²) in [7, 11) is 0. The highest BCUT2D eigenvalue weighted by Crippen LogP contribution is 2.39. The van der Waals surface area contributed by atoms with Gasteiger partial charge in [-0.25, -0.2) is 0 Å². The van der Waals surface area contributed by atoms with Crippen molar-refractivity contribution in [3.8, 4) is 5.75 Å². The Kier molecular flexibility index (Phi) is 4.27. The molecule has 0 bridgehead atoms. The molecule has 1 saturated carbocycles. The number of benzene rings is 1. The summed E-state index contributed by atoms with van der Waals surface area (Å²) in [5, 5.41) is 0. The first kappa shape index (κ1) is 13.9. The Labute approximate surface area is 121 Å². The Morgan fingerprint density at radius 1 is 1.20 bits per heavy atom. The maximum absolute atomic E-state index is 6.24. The predicted octanol–water partition coefficient (Wildman–Crippen LogP) is 3.41. The molecule has 2 aliphatic rings. The van der Waals surface area contributed by atoms with Crippen molar-refractivity contribution in [2.75, 3.05) is 6.61 Å². The summed E-state index contributed by atoms with van der Waals surface area (Å²) in [4.78, 5) is 0. The van der Waals surface area contributed by atoms with E-state index in [4.69, 9.17) is 15.2 Å². The van der Waals surface area contributed by atoms with Gasteiger partial charge in [-0.15, -0.1) is 0 Å². The summed E-state index contributed by atoms with van der Waals surface area (Å²) in [5.41, 5.74) is 6.98. The van der Waals surface area contributed by atoms with E-state index in [1.54, 1.807) is 0 Å². The molecule has 1 aliphatic carbocycles. The van der Waals surface area contributed by atoms with Gasteiger partial charge in [-0.1, -0.05) is 37.5 Å². The zero-order valence-corrected chi connectivity index (χ0v) is 12.1. The molecule has 0 radical (unpaired) electrons. The zero-order valence-electron chi connectivity index (χ0n) is 12.1. The third kappa shape index (κ3) is 2.99. The van der Waals surface area contributed by atoms with Gasteiger partial charge in [0.05, 0.1) is 12.2 Å². The van der Waals surface area contributed by atoms with E-state index in [2.05, 4.69) is 0 Å². The molecule has 1 atom stereocenters. The van der Waals surface area contributed by atoms with Crippen LogP contribution in [-0.4, -0.2) is 18.3 Å². The first-order valence-electron chi connectivity index (χ1n) is 7.90. The average Bonchev–Trinajstić information content (AvgIpc) is 2.49. The van der Waals surface area contributed by atoms with Gasteiger partial charge in [-0.05, 0) is 18.9 Å². The van der Waals surface area contributed by atoms with E-state index in [0.29, 0.717) is 6.54 Å². The fourth-order valence-electron chi connectivity index (χ4n) is 3.59. The fourth-order valence-corrected chi connectivity index (χ4v) is 3.59. The Balaban J connectivity index is 1.68. The molecule has 0 aromatic heterocycles. The van der Waals surface area contributed by atoms with Crippen LogP contribution in [0, 0.1) is 0 Å². The van der Waals surface area contributed by atoms with Crippen LogP contribution in [0.15, 0.2) is 24.3 Å². The second kappa shape index (κ2) is 6.15. The molecular weight excluding hydrogens is 250 g/mol. The molecule has 2 N–H and O–H groups in total. The Hall–Kier alpha value is -1.06. The molecule has 20 heavy (non-hydrogen) atoms. The van der Waals surface area contributed by atoms with Crippen LogP contribution in [0.25, 0.3) is 0 Å². The lowest BCUT2D eigenvalue weighted by Crippen LogP contribution is -2.45. The van der Waals surface area contributed by atoms with E-state index in [-0.39, 0.29) is 11.7 Å². The molecule has 1 unspecified atom stereocenters. The van der Waals surface area contributed by atoms with E-state index >= 15 is 0 Å². The minimum absolute atomic E-state index is 0.0961. The maximum Gasteiger partial charge on any atom is 0.124 e. The highest BCUT2D eigenvalue weighted by atomic mass is 16.5. The smallest absolute Gasteiger partial charge is 0.124 e. The second-order valence-electron chi connectivity index (χ2n) is 6.14. The minimum atomic E-state index is 0.0961. The number of para-hydroxylation sites is 1. The van der Waals surface area contributed by atoms with Gasteiger partial charge >= 0.3 is 0 Å². The van der Waals surface area contributed by atoms with Gasteiger partial charge in [0.15, 0.2) is 0 Å². The molecule has 3 rings (SSSR count). The van der Waals surface area contributed by atoms with Crippen LogP contribution in [0.3, 0.4) is 0 Å². The van der Waals surface area contributed by atoms with Gasteiger partial charge in [-0.3, -0.25) is 0 Å². The molecule has 1 saturated heterocycles. The number of nitrogens with two attached hydrogens (primary N) is 1. The van der Waals surface area contributed by atoms with E-state index in [0.717, 1.165) is 30.8 Å². The Bertz CT molecular complexity index is 435. The van der Waals surface area contributed by atoms with Crippen molar-refractivity contribution in [2.24, 2.45) is 5.73 Å². The van der Waals surface area contributed by atoms with Crippen molar-refractivity contribution in [3.63, 3.8) is 0 Å². The van der Waals surface area contributed by atoms with Crippen molar-refractivity contribution in [2.45, 2.75) is 63.2 Å². The topological polar surface area (TPSA) is 44.5 Å². The SMILES string of the molecule is NCc1ccccc1OC1CCOC2(CCCCC2)C1. The average molecular weight is 275 g/mol. The minimum Gasteiger partial charge on any atom is -0.490 e. The van der Waals surface area contributed by atoms with Gasteiger partial charge in [0, 0.05) is 24.9 Å². The molecule has 3 nitrogen and oxygen atoms in total. The lowest BCUT2D eigenvalue weighted by atomic mass is 9.79. The summed E-state index contributed by atoms with van der Waals surface area (Å²) >= 11 is 0. The lowest BCUT2D eigenvalue weighted by molar-refractivity contribution is -0.129. The summed E-state index contributed by atoms with van der Waals surface area (Å²) < 4.78 is 12.4. The second-order valence-corrected chi connectivity index (χ2v) is 6.14. The van der Waals surface area contributed by atoms with Crippen molar-refractivity contribution >= 4 is 0 Å². The predicted molar refractivity (Wildman–Crippen MR) is 79.8 cm³/mol. The fraction of sp³-hybridized carbons (Fsp3) is 0.647. The summed E-state index contributed by atoms with van der Waals surface area (Å²) in [5.74, 6) is 0.952. The summed E-state index contributed by atoms with van der Waals surface area (Å²) in [6.07, 6.45) is 8.64. The first-order chi connectivity index (χ1) is 9.81. The van der Waals surface area contributed by atoms with E-state index in [1.807, 2.05) is 24.3 Å². The third-order valence-electron chi connectivity index (χ3n) is 4.70. The normalized spacial score (nSPS) is 25.6. The monoisotopic (exact) mass is 275 g/mol. The molecule has 1 heterocycles. The molecule has 110 valence electrons. The molecule has 1 spiro atoms. The Morgan fingerprint density at radius 2 is 2.00 bits per heavy atom. The highest BCUT2D eigenvalue weighted by Gasteiger charge is 2.39. The van der Waals surface area contributed by atoms with Crippen molar-refractivity contribution in [1.82, 2.24) is 0 Å². The maximum atomic E-state index is 6.24. The molecule has 0 amide bonds. The van der Waals surface area contributed by atoms with E-state index < -0.39 is 0 Å². The van der Waals surface area contributed by atoms with E-state index in [9.17, 15) is 0 Å². The van der Waals surface area contributed by atoms with Crippen molar-refractivity contribution < 1.29 is 9.47 Å². The molecule has 2 fully saturated rings. The van der Waals surface area contributed by atoms with Crippen LogP contribution < -0.4 is 10.5 Å². The zero-order chi connectivity index (χ0) is 13.8. The molecule has 1 aromatic rings. The van der Waals surface area contributed by atoms with Gasteiger partial charge in [0.25, 0.3) is 0 Å². The highest BCUT2D eigenvalue weighted by molar-refractivity contribution is 5.33. The molecule has 3 heteroatoms. The van der Waals surface area contributed by atoms with Crippen LogP contribution in [-0.2, 0) is 11.3 Å². The van der Waals surface area contributed by atoms with E-state index in [1.165, 1.54) is 32.1 Å². The number of hydrogen-bond donors (Lipinski definition) is 1. The summed E-state index contributed by atoms with van der Waals surface area (Å²) in [6, 6.07) is 8.11. The van der Waals surface area contributed by atoms with Gasteiger partial charge in [0.1, 0.15) is 11.9 Å².